The third kappa shape index (κ3) is 6.36. The number of ether oxygens (including phenoxy) is 2. The normalized spacial score (nSPS) is 16.3. The number of fused-ring (bicyclic) bond motifs is 1. The highest BCUT2D eigenvalue weighted by atomic mass is 32.1. The minimum absolute atomic E-state index is 0.137. The van der Waals surface area contributed by atoms with E-state index in [0.717, 1.165) is 82.7 Å². The fraction of sp³-hybridized carbons (Fsp3) is 0.344. The standard InChI is InChI=1S/C32H36N6O3S2/c1-21-20-22(2)38(32(21)39)35-30-27-23(3)28(43-31(27)34-29(33-30)26-6-5-19-42-26)24-7-9-25(10-8-24)41-18-16-37-13-11-36(12-14-37)15-17-40-4/h5-10,19-20H,2,11-18H2,1,3-4H3,(H,33,34,35). The summed E-state index contributed by atoms with van der Waals surface area (Å²) in [5, 5.41) is 4.36. The van der Waals surface area contributed by atoms with E-state index in [4.69, 9.17) is 19.4 Å². The molecule has 0 aliphatic carbocycles. The number of hydrogen-bond donors (Lipinski definition) is 1. The minimum atomic E-state index is -0.137. The summed E-state index contributed by atoms with van der Waals surface area (Å²) in [6.07, 6.45) is 1.77. The minimum Gasteiger partial charge on any atom is -0.492 e. The number of benzene rings is 1. The molecule has 1 amide bonds. The maximum Gasteiger partial charge on any atom is 0.272 e. The van der Waals surface area contributed by atoms with Gasteiger partial charge in [-0.2, -0.15) is 0 Å². The Bertz CT molecular complexity index is 1640. The lowest BCUT2D eigenvalue weighted by atomic mass is 10.1. The highest BCUT2D eigenvalue weighted by molar-refractivity contribution is 7.22. The molecule has 2 aliphatic rings. The number of piperazine rings is 1. The summed E-state index contributed by atoms with van der Waals surface area (Å²) in [6, 6.07) is 12.3. The molecule has 1 aromatic carbocycles. The number of aryl methyl sites for hydroxylation is 1. The molecule has 9 nitrogen and oxygen atoms in total. The number of carbonyl (C=O) groups excluding carboxylic acids is 1. The van der Waals surface area contributed by atoms with Crippen molar-refractivity contribution in [2.45, 2.75) is 13.8 Å². The summed E-state index contributed by atoms with van der Waals surface area (Å²) in [6.45, 7) is 15.5. The number of anilines is 1. The summed E-state index contributed by atoms with van der Waals surface area (Å²) in [5.41, 5.74) is 6.61. The van der Waals surface area contributed by atoms with Crippen molar-refractivity contribution >= 4 is 44.6 Å². The second-order valence-electron chi connectivity index (χ2n) is 10.7. The number of thiophene rings is 2. The molecule has 4 aromatic rings. The van der Waals surface area contributed by atoms with E-state index in [-0.39, 0.29) is 5.91 Å². The number of hydrazine groups is 1. The number of allylic oxidation sites excluding steroid dienone is 1. The highest BCUT2D eigenvalue weighted by Crippen LogP contribution is 2.42. The van der Waals surface area contributed by atoms with Crippen molar-refractivity contribution in [2.24, 2.45) is 0 Å². The van der Waals surface area contributed by atoms with Crippen LogP contribution in [0.15, 0.2) is 65.7 Å². The van der Waals surface area contributed by atoms with Crippen LogP contribution in [0.3, 0.4) is 0 Å². The van der Waals surface area contributed by atoms with Gasteiger partial charge in [0, 0.05) is 56.8 Å². The summed E-state index contributed by atoms with van der Waals surface area (Å²) >= 11 is 3.21. The van der Waals surface area contributed by atoms with E-state index in [1.54, 1.807) is 42.8 Å². The summed E-state index contributed by atoms with van der Waals surface area (Å²) in [5.74, 6) is 1.94. The molecule has 5 heterocycles. The number of rotatable bonds is 11. The van der Waals surface area contributed by atoms with Crippen LogP contribution in [0.4, 0.5) is 5.82 Å². The monoisotopic (exact) mass is 616 g/mol. The summed E-state index contributed by atoms with van der Waals surface area (Å²) in [7, 11) is 1.75. The van der Waals surface area contributed by atoms with E-state index in [0.29, 0.717) is 29.5 Å². The third-order valence-corrected chi connectivity index (χ3v) is 9.93. The van der Waals surface area contributed by atoms with Crippen molar-refractivity contribution in [2.75, 3.05) is 65.0 Å². The first kappa shape index (κ1) is 29.5. The van der Waals surface area contributed by atoms with Crippen LogP contribution >= 0.6 is 22.7 Å². The van der Waals surface area contributed by atoms with E-state index < -0.39 is 0 Å². The van der Waals surface area contributed by atoms with Crippen LogP contribution in [0, 0.1) is 6.92 Å². The van der Waals surface area contributed by atoms with Gasteiger partial charge in [0.15, 0.2) is 11.6 Å². The fourth-order valence-electron chi connectivity index (χ4n) is 5.37. The van der Waals surface area contributed by atoms with Crippen molar-refractivity contribution < 1.29 is 14.3 Å². The predicted octanol–water partition coefficient (Wildman–Crippen LogP) is 5.67. The molecule has 0 bridgehead atoms. The second-order valence-corrected chi connectivity index (χ2v) is 12.7. The van der Waals surface area contributed by atoms with Crippen molar-refractivity contribution in [1.29, 1.82) is 0 Å². The summed E-state index contributed by atoms with van der Waals surface area (Å²) < 4.78 is 11.3. The van der Waals surface area contributed by atoms with Gasteiger partial charge in [-0.05, 0) is 66.8 Å². The maximum absolute atomic E-state index is 12.8. The lowest BCUT2D eigenvalue weighted by molar-refractivity contribution is -0.123. The molecule has 2 aliphatic heterocycles. The Labute approximate surface area is 260 Å². The zero-order valence-electron chi connectivity index (χ0n) is 24.8. The Hall–Kier alpha value is -3.61. The molecule has 1 saturated heterocycles. The molecule has 0 atom stereocenters. The maximum atomic E-state index is 12.8. The van der Waals surface area contributed by atoms with Crippen LogP contribution < -0.4 is 10.2 Å². The SMILES string of the molecule is C=C1C=C(C)C(=O)N1Nc1nc(-c2cccs2)nc2sc(-c3ccc(OCCN4CCN(CCOC)CC4)cc3)c(C)c12. The first-order valence-electron chi connectivity index (χ1n) is 14.4. The molecule has 0 spiro atoms. The van der Waals surface area contributed by atoms with Crippen molar-refractivity contribution in [3.05, 3.63) is 71.3 Å². The van der Waals surface area contributed by atoms with E-state index in [2.05, 4.69) is 40.9 Å². The molecule has 6 rings (SSSR count). The van der Waals surface area contributed by atoms with Crippen LogP contribution in [-0.4, -0.2) is 90.3 Å². The number of nitrogens with zero attached hydrogens (tertiary/aromatic N) is 5. The van der Waals surface area contributed by atoms with Crippen LogP contribution in [0.5, 0.6) is 5.75 Å². The molecule has 1 N–H and O–H groups in total. The first-order valence-corrected chi connectivity index (χ1v) is 16.1. The van der Waals surface area contributed by atoms with Gasteiger partial charge in [0.05, 0.1) is 22.6 Å². The number of amides is 1. The number of aromatic nitrogens is 2. The van der Waals surface area contributed by atoms with Gasteiger partial charge in [-0.25, -0.2) is 15.0 Å². The number of methoxy groups -OCH3 is 1. The molecular weight excluding hydrogens is 581 g/mol. The fourth-order valence-corrected chi connectivity index (χ4v) is 7.22. The Morgan fingerprint density at radius 3 is 2.35 bits per heavy atom. The van der Waals surface area contributed by atoms with Gasteiger partial charge in [0.2, 0.25) is 0 Å². The van der Waals surface area contributed by atoms with Crippen LogP contribution in [0.25, 0.3) is 31.4 Å². The molecule has 224 valence electrons. The van der Waals surface area contributed by atoms with Gasteiger partial charge >= 0.3 is 0 Å². The summed E-state index contributed by atoms with van der Waals surface area (Å²) in [4.78, 5) is 30.4. The van der Waals surface area contributed by atoms with Gasteiger partial charge in [0.25, 0.3) is 5.91 Å². The smallest absolute Gasteiger partial charge is 0.272 e. The lowest BCUT2D eigenvalue weighted by Crippen LogP contribution is -2.48. The highest BCUT2D eigenvalue weighted by Gasteiger charge is 2.27. The Morgan fingerprint density at radius 1 is 1.00 bits per heavy atom. The van der Waals surface area contributed by atoms with Crippen molar-refractivity contribution in [3.63, 3.8) is 0 Å². The second kappa shape index (κ2) is 12.9. The van der Waals surface area contributed by atoms with Gasteiger partial charge in [-0.1, -0.05) is 12.6 Å². The van der Waals surface area contributed by atoms with Crippen LogP contribution in [0.2, 0.25) is 0 Å². The Morgan fingerprint density at radius 2 is 1.72 bits per heavy atom. The first-order chi connectivity index (χ1) is 20.9. The molecule has 0 radical (unpaired) electrons. The number of hydrogen-bond acceptors (Lipinski definition) is 10. The third-order valence-electron chi connectivity index (χ3n) is 7.83. The van der Waals surface area contributed by atoms with Gasteiger partial charge in [-0.3, -0.25) is 20.0 Å². The molecule has 43 heavy (non-hydrogen) atoms. The molecular formula is C32H36N6O3S2. The van der Waals surface area contributed by atoms with Crippen molar-refractivity contribution in [1.82, 2.24) is 24.8 Å². The average molecular weight is 617 g/mol. The average Bonchev–Trinajstić information content (AvgIpc) is 3.73. The Kier molecular flexibility index (Phi) is 8.87. The number of carbonyl (C=O) groups is 1. The molecule has 3 aromatic heterocycles. The molecule has 0 saturated carbocycles. The largest absolute Gasteiger partial charge is 0.492 e. The lowest BCUT2D eigenvalue weighted by Gasteiger charge is -2.34. The van der Waals surface area contributed by atoms with Crippen LogP contribution in [-0.2, 0) is 9.53 Å². The molecule has 11 heteroatoms. The topological polar surface area (TPSA) is 83.1 Å². The quantitative estimate of drug-likeness (QED) is 0.231. The predicted molar refractivity (Wildman–Crippen MR) is 175 cm³/mol. The Balaban J connectivity index is 1.18. The van der Waals surface area contributed by atoms with Gasteiger partial charge < -0.3 is 9.47 Å². The van der Waals surface area contributed by atoms with E-state index in [1.165, 1.54) is 5.01 Å². The molecule has 0 unspecified atom stereocenters. The van der Waals surface area contributed by atoms with Gasteiger partial charge in [-0.15, -0.1) is 22.7 Å². The zero-order chi connectivity index (χ0) is 29.9. The zero-order valence-corrected chi connectivity index (χ0v) is 26.4. The van der Waals surface area contributed by atoms with Gasteiger partial charge in [0.1, 0.15) is 17.2 Å². The van der Waals surface area contributed by atoms with E-state index in [9.17, 15) is 4.79 Å². The van der Waals surface area contributed by atoms with Crippen LogP contribution in [0.1, 0.15) is 12.5 Å². The number of nitrogens with one attached hydrogen (secondary N) is 1. The van der Waals surface area contributed by atoms with E-state index >= 15 is 0 Å². The van der Waals surface area contributed by atoms with Crippen molar-refractivity contribution in [3.8, 4) is 26.9 Å². The molecule has 1 fully saturated rings. The van der Waals surface area contributed by atoms with E-state index in [1.807, 2.05) is 29.6 Å².